The second-order valence-electron chi connectivity index (χ2n) is 11.8. The van der Waals surface area contributed by atoms with Crippen LogP contribution in [-0.4, -0.2) is 43.3 Å². The van der Waals surface area contributed by atoms with Crippen molar-refractivity contribution in [2.45, 2.75) is 57.6 Å². The van der Waals surface area contributed by atoms with E-state index < -0.39 is 34.1 Å². The first-order valence-corrected chi connectivity index (χ1v) is 16.3. The molecule has 4 rings (SSSR count). The summed E-state index contributed by atoms with van der Waals surface area (Å²) in [5.74, 6) is 0.197. The summed E-state index contributed by atoms with van der Waals surface area (Å²) in [6.07, 6.45) is 0. The first kappa shape index (κ1) is 33.6. The van der Waals surface area contributed by atoms with Crippen molar-refractivity contribution >= 4 is 39.1 Å². The molecule has 2 amide bonds. The van der Waals surface area contributed by atoms with E-state index in [0.717, 1.165) is 9.87 Å². The fraction of sp³-hybridized carbons (Fsp3) is 0.257. The van der Waals surface area contributed by atoms with Crippen molar-refractivity contribution in [1.82, 2.24) is 10.2 Å². The number of halogens is 1. The van der Waals surface area contributed by atoms with E-state index in [1.165, 1.54) is 17.0 Å². The number of hydrogen-bond acceptors (Lipinski definition) is 5. The van der Waals surface area contributed by atoms with Gasteiger partial charge in [-0.25, -0.2) is 8.42 Å². The second kappa shape index (κ2) is 14.2. The normalized spacial score (nSPS) is 12.2. The lowest BCUT2D eigenvalue weighted by Gasteiger charge is -2.33. The van der Waals surface area contributed by atoms with Gasteiger partial charge in [-0.15, -0.1) is 0 Å². The molecule has 4 aromatic rings. The molecule has 4 aromatic carbocycles. The molecule has 0 heterocycles. The summed E-state index contributed by atoms with van der Waals surface area (Å²) in [4.78, 5) is 28.8. The van der Waals surface area contributed by atoms with E-state index in [2.05, 4.69) is 5.32 Å². The van der Waals surface area contributed by atoms with Crippen LogP contribution in [0.2, 0.25) is 5.02 Å². The third-order valence-corrected chi connectivity index (χ3v) is 8.92. The van der Waals surface area contributed by atoms with Gasteiger partial charge in [-0.05, 0) is 101 Å². The average molecular weight is 648 g/mol. The quantitative estimate of drug-likeness (QED) is 0.190. The number of hydrogen-bond donors (Lipinski definition) is 1. The van der Waals surface area contributed by atoms with Crippen LogP contribution < -0.4 is 14.4 Å². The summed E-state index contributed by atoms with van der Waals surface area (Å²) in [5.41, 5.74) is 1.31. The van der Waals surface area contributed by atoms with Crippen LogP contribution in [0.4, 0.5) is 5.69 Å². The van der Waals surface area contributed by atoms with Gasteiger partial charge in [0, 0.05) is 17.1 Å². The Bertz CT molecular complexity index is 1720. The number of amides is 2. The summed E-state index contributed by atoms with van der Waals surface area (Å²) in [5, 5.41) is 3.40. The van der Waals surface area contributed by atoms with Crippen LogP contribution >= 0.6 is 11.6 Å². The van der Waals surface area contributed by atoms with E-state index in [9.17, 15) is 18.0 Å². The monoisotopic (exact) mass is 647 g/mol. The van der Waals surface area contributed by atoms with Crippen LogP contribution in [0.3, 0.4) is 0 Å². The Morgan fingerprint density at radius 2 is 1.49 bits per heavy atom. The zero-order valence-corrected chi connectivity index (χ0v) is 27.6. The number of carbonyl (C=O) groups is 2. The van der Waals surface area contributed by atoms with Gasteiger partial charge >= 0.3 is 0 Å². The molecule has 0 bridgehead atoms. The Kier molecular flexibility index (Phi) is 10.6. The molecule has 1 N–H and O–H groups in total. The molecule has 0 saturated heterocycles. The largest absolute Gasteiger partial charge is 0.457 e. The third-order valence-electron chi connectivity index (χ3n) is 6.90. The van der Waals surface area contributed by atoms with Gasteiger partial charge in [0.05, 0.1) is 10.6 Å². The lowest BCUT2D eigenvalue weighted by Crippen LogP contribution is -2.54. The smallest absolute Gasteiger partial charge is 0.264 e. The van der Waals surface area contributed by atoms with Gasteiger partial charge in [0.2, 0.25) is 11.8 Å². The molecule has 8 nitrogen and oxygen atoms in total. The van der Waals surface area contributed by atoms with Crippen molar-refractivity contribution in [3.8, 4) is 11.5 Å². The van der Waals surface area contributed by atoms with Crippen LogP contribution in [-0.2, 0) is 26.2 Å². The number of anilines is 1. The molecule has 45 heavy (non-hydrogen) atoms. The van der Waals surface area contributed by atoms with Crippen molar-refractivity contribution < 1.29 is 22.7 Å². The van der Waals surface area contributed by atoms with Crippen molar-refractivity contribution in [2.75, 3.05) is 10.8 Å². The minimum atomic E-state index is -4.20. The van der Waals surface area contributed by atoms with Gasteiger partial charge in [0.15, 0.2) is 0 Å². The molecule has 0 saturated carbocycles. The highest BCUT2D eigenvalue weighted by atomic mass is 35.5. The number of sulfonamides is 1. The van der Waals surface area contributed by atoms with Crippen molar-refractivity contribution in [3.63, 3.8) is 0 Å². The van der Waals surface area contributed by atoms with Crippen LogP contribution in [0.25, 0.3) is 0 Å². The summed E-state index contributed by atoms with van der Waals surface area (Å²) in [7, 11) is -4.20. The Labute approximate surface area is 270 Å². The predicted octanol–water partition coefficient (Wildman–Crippen LogP) is 6.97. The lowest BCUT2D eigenvalue weighted by atomic mass is 10.1. The minimum Gasteiger partial charge on any atom is -0.457 e. The number of ether oxygens (including phenoxy) is 1. The molecule has 0 aliphatic heterocycles. The van der Waals surface area contributed by atoms with Gasteiger partial charge in [-0.1, -0.05) is 59.6 Å². The van der Waals surface area contributed by atoms with Crippen molar-refractivity contribution in [3.05, 3.63) is 119 Å². The van der Waals surface area contributed by atoms with E-state index in [1.54, 1.807) is 67.6 Å². The van der Waals surface area contributed by atoms with Gasteiger partial charge in [0.1, 0.15) is 24.1 Å². The SMILES string of the molecule is Cc1ccc(S(=O)(=O)N(CC(=O)N(Cc2cccc(Cl)c2)C(C)C(=O)NC(C)(C)C)c2ccc(Oc3ccccc3)cc2)cc1. The molecule has 0 aliphatic carbocycles. The molecule has 0 aromatic heterocycles. The minimum absolute atomic E-state index is 0.0328. The van der Waals surface area contributed by atoms with Crippen LogP contribution in [0.15, 0.2) is 108 Å². The summed E-state index contributed by atoms with van der Waals surface area (Å²) >= 11 is 6.22. The fourth-order valence-electron chi connectivity index (χ4n) is 4.56. The first-order chi connectivity index (χ1) is 21.2. The maximum absolute atomic E-state index is 14.2. The van der Waals surface area contributed by atoms with Crippen LogP contribution in [0, 0.1) is 6.92 Å². The molecule has 0 radical (unpaired) electrons. The molecule has 0 aliphatic rings. The zero-order valence-electron chi connectivity index (χ0n) is 26.0. The highest BCUT2D eigenvalue weighted by Crippen LogP contribution is 2.29. The summed E-state index contributed by atoms with van der Waals surface area (Å²) < 4.78 is 35.2. The van der Waals surface area contributed by atoms with Gasteiger partial charge < -0.3 is 15.0 Å². The maximum atomic E-state index is 14.2. The van der Waals surface area contributed by atoms with Crippen molar-refractivity contribution in [1.29, 1.82) is 0 Å². The molecule has 1 unspecified atom stereocenters. The summed E-state index contributed by atoms with van der Waals surface area (Å²) in [6, 6.07) is 28.2. The van der Waals surface area contributed by atoms with E-state index in [-0.39, 0.29) is 23.0 Å². The van der Waals surface area contributed by atoms with E-state index in [4.69, 9.17) is 16.3 Å². The van der Waals surface area contributed by atoms with Crippen LogP contribution in [0.5, 0.6) is 11.5 Å². The Morgan fingerprint density at radius 1 is 0.867 bits per heavy atom. The highest BCUT2D eigenvalue weighted by Gasteiger charge is 2.33. The Morgan fingerprint density at radius 3 is 2.09 bits per heavy atom. The predicted molar refractivity (Wildman–Crippen MR) is 178 cm³/mol. The highest BCUT2D eigenvalue weighted by molar-refractivity contribution is 7.92. The number of aryl methyl sites for hydroxylation is 1. The lowest BCUT2D eigenvalue weighted by molar-refractivity contribution is -0.140. The Balaban J connectivity index is 1.71. The van der Waals surface area contributed by atoms with E-state index in [0.29, 0.717) is 22.1 Å². The number of nitrogens with one attached hydrogen (secondary N) is 1. The Hall–Kier alpha value is -4.34. The fourth-order valence-corrected chi connectivity index (χ4v) is 6.19. The summed E-state index contributed by atoms with van der Waals surface area (Å²) in [6.45, 7) is 8.52. The van der Waals surface area contributed by atoms with Gasteiger partial charge in [-0.2, -0.15) is 0 Å². The van der Waals surface area contributed by atoms with Crippen LogP contribution in [0.1, 0.15) is 38.8 Å². The first-order valence-electron chi connectivity index (χ1n) is 14.5. The molecular formula is C35H38ClN3O5S. The van der Waals surface area contributed by atoms with Crippen molar-refractivity contribution in [2.24, 2.45) is 0 Å². The van der Waals surface area contributed by atoms with E-state index in [1.807, 2.05) is 58.0 Å². The molecule has 236 valence electrons. The average Bonchev–Trinajstić information content (AvgIpc) is 2.98. The third kappa shape index (κ3) is 9.09. The number of para-hydroxylation sites is 1. The number of nitrogens with zero attached hydrogens (tertiary/aromatic N) is 2. The van der Waals surface area contributed by atoms with Gasteiger partial charge in [0.25, 0.3) is 10.0 Å². The molecule has 10 heteroatoms. The zero-order chi connectivity index (χ0) is 32.8. The molecule has 0 fully saturated rings. The molecular weight excluding hydrogens is 610 g/mol. The maximum Gasteiger partial charge on any atom is 0.264 e. The number of benzene rings is 4. The van der Waals surface area contributed by atoms with Gasteiger partial charge in [-0.3, -0.25) is 13.9 Å². The number of carbonyl (C=O) groups excluding carboxylic acids is 2. The molecule has 0 spiro atoms. The van der Waals surface area contributed by atoms with E-state index >= 15 is 0 Å². The second-order valence-corrected chi connectivity index (χ2v) is 14.1. The topological polar surface area (TPSA) is 96.0 Å². The number of rotatable bonds is 11. The molecule has 1 atom stereocenters. The standard InChI is InChI=1S/C35H38ClN3O5S/c1-25-14-20-32(21-15-25)45(42,43)39(29-16-18-31(19-17-29)44-30-12-7-6-8-13-30)24-33(40)38(23-27-10-9-11-28(36)22-27)26(2)34(41)37-35(3,4)5/h6-22,26H,23-24H2,1-5H3,(H,37,41).